The molecule has 80 valence electrons. The molecule has 0 radical (unpaired) electrons. The van der Waals surface area contributed by atoms with Gasteiger partial charge in [0.15, 0.2) is 5.65 Å². The van der Waals surface area contributed by atoms with E-state index in [1.54, 1.807) is 4.68 Å². The average Bonchev–Trinajstić information content (AvgIpc) is 2.44. The second kappa shape index (κ2) is 3.94. The van der Waals surface area contributed by atoms with E-state index in [4.69, 9.17) is 23.2 Å². The topological polar surface area (TPSA) is 43.6 Å². The first kappa shape index (κ1) is 10.6. The molecule has 0 aliphatic carbocycles. The summed E-state index contributed by atoms with van der Waals surface area (Å²) >= 11 is 11.8. The Morgan fingerprint density at radius 3 is 2.67 bits per heavy atom. The Balaban J connectivity index is 2.75. The Labute approximate surface area is 97.2 Å². The number of hydrogen-bond acceptors (Lipinski definition) is 3. The first-order chi connectivity index (χ1) is 7.13. The summed E-state index contributed by atoms with van der Waals surface area (Å²) < 4.78 is 1.68. The van der Waals surface area contributed by atoms with Crippen molar-refractivity contribution in [2.45, 2.75) is 19.8 Å². The third-order valence-corrected chi connectivity index (χ3v) is 2.61. The minimum atomic E-state index is 0.151. The van der Waals surface area contributed by atoms with Crippen molar-refractivity contribution >= 4 is 34.2 Å². The molecule has 0 aliphatic heterocycles. The minimum Gasteiger partial charge on any atom is -0.250 e. The second-order valence-electron chi connectivity index (χ2n) is 3.30. The Morgan fingerprint density at radius 2 is 2.00 bits per heavy atom. The molecule has 0 saturated carbocycles. The molecular formula is C9H10Cl2N4. The maximum atomic E-state index is 6.03. The molecule has 4 nitrogen and oxygen atoms in total. The number of nitrogens with zero attached hydrogens (tertiary/aromatic N) is 4. The summed E-state index contributed by atoms with van der Waals surface area (Å²) in [6, 6.07) is 0. The zero-order chi connectivity index (χ0) is 11.0. The van der Waals surface area contributed by atoms with Gasteiger partial charge in [-0.3, -0.25) is 0 Å². The monoisotopic (exact) mass is 244 g/mol. The van der Waals surface area contributed by atoms with Crippen molar-refractivity contribution in [2.75, 3.05) is 0 Å². The van der Waals surface area contributed by atoms with Crippen molar-refractivity contribution in [3.8, 4) is 0 Å². The predicted octanol–water partition coefficient (Wildman–Crippen LogP) is 2.62. The summed E-state index contributed by atoms with van der Waals surface area (Å²) in [4.78, 5) is 8.03. The summed E-state index contributed by atoms with van der Waals surface area (Å²) in [5, 5.41) is 5.69. The zero-order valence-electron chi connectivity index (χ0n) is 8.46. The van der Waals surface area contributed by atoms with E-state index in [1.807, 2.05) is 7.05 Å². The van der Waals surface area contributed by atoms with Crippen LogP contribution in [0.2, 0.25) is 10.4 Å². The number of fused-ring (bicyclic) bond motifs is 1. The predicted molar refractivity (Wildman–Crippen MR) is 60.3 cm³/mol. The van der Waals surface area contributed by atoms with Gasteiger partial charge >= 0.3 is 0 Å². The van der Waals surface area contributed by atoms with Gasteiger partial charge in [-0.2, -0.15) is 10.1 Å². The van der Waals surface area contributed by atoms with Gasteiger partial charge in [-0.25, -0.2) is 9.67 Å². The van der Waals surface area contributed by atoms with Crippen LogP contribution in [0.25, 0.3) is 11.0 Å². The molecule has 15 heavy (non-hydrogen) atoms. The number of aryl methyl sites for hydroxylation is 2. The molecule has 2 aromatic heterocycles. The molecule has 0 atom stereocenters. The molecule has 0 fully saturated rings. The van der Waals surface area contributed by atoms with Gasteiger partial charge in [0.05, 0.1) is 11.1 Å². The Hall–Kier alpha value is -0.870. The van der Waals surface area contributed by atoms with Crippen molar-refractivity contribution in [3.05, 3.63) is 16.1 Å². The van der Waals surface area contributed by atoms with Crippen LogP contribution in [-0.4, -0.2) is 19.7 Å². The van der Waals surface area contributed by atoms with E-state index in [-0.39, 0.29) is 5.28 Å². The van der Waals surface area contributed by atoms with Crippen LogP contribution in [0.4, 0.5) is 0 Å². The third kappa shape index (κ3) is 1.79. The third-order valence-electron chi connectivity index (χ3n) is 2.17. The molecule has 0 N–H and O–H groups in total. The molecule has 0 bridgehead atoms. The number of rotatable bonds is 2. The largest absolute Gasteiger partial charge is 0.250 e. The van der Waals surface area contributed by atoms with Gasteiger partial charge < -0.3 is 0 Å². The second-order valence-corrected chi connectivity index (χ2v) is 4.00. The standard InChI is InChI=1S/C9H10Cl2N4/c1-3-4-5-6-7(10)12-9(11)13-8(6)15(2)14-5/h3-4H2,1-2H3. The zero-order valence-corrected chi connectivity index (χ0v) is 9.97. The van der Waals surface area contributed by atoms with Crippen molar-refractivity contribution in [2.24, 2.45) is 7.05 Å². The smallest absolute Gasteiger partial charge is 0.225 e. The normalized spacial score (nSPS) is 11.2. The van der Waals surface area contributed by atoms with Gasteiger partial charge in [0.1, 0.15) is 5.15 Å². The maximum Gasteiger partial charge on any atom is 0.225 e. The van der Waals surface area contributed by atoms with Gasteiger partial charge in [0.25, 0.3) is 0 Å². The van der Waals surface area contributed by atoms with Crippen molar-refractivity contribution < 1.29 is 0 Å². The van der Waals surface area contributed by atoms with Gasteiger partial charge in [-0.1, -0.05) is 24.9 Å². The number of aromatic nitrogens is 4. The van der Waals surface area contributed by atoms with E-state index < -0.39 is 0 Å². The molecule has 2 heterocycles. The fraction of sp³-hybridized carbons (Fsp3) is 0.444. The molecule has 0 saturated heterocycles. The van der Waals surface area contributed by atoms with Crippen molar-refractivity contribution in [1.82, 2.24) is 19.7 Å². The molecule has 0 unspecified atom stereocenters. The van der Waals surface area contributed by atoms with Crippen LogP contribution < -0.4 is 0 Å². The highest BCUT2D eigenvalue weighted by molar-refractivity contribution is 6.35. The van der Waals surface area contributed by atoms with Crippen LogP contribution in [0, 0.1) is 0 Å². The van der Waals surface area contributed by atoms with Crippen LogP contribution in [0.15, 0.2) is 0 Å². The van der Waals surface area contributed by atoms with Gasteiger partial charge in [0.2, 0.25) is 5.28 Å². The summed E-state index contributed by atoms with van der Waals surface area (Å²) in [5.74, 6) is 0. The maximum absolute atomic E-state index is 6.03. The van der Waals surface area contributed by atoms with E-state index in [0.29, 0.717) is 10.8 Å². The summed E-state index contributed by atoms with van der Waals surface area (Å²) in [7, 11) is 1.82. The fourth-order valence-electron chi connectivity index (χ4n) is 1.57. The van der Waals surface area contributed by atoms with Crippen molar-refractivity contribution in [3.63, 3.8) is 0 Å². The Morgan fingerprint density at radius 1 is 1.27 bits per heavy atom. The molecule has 0 spiro atoms. The summed E-state index contributed by atoms with van der Waals surface area (Å²) in [6.07, 6.45) is 1.87. The van der Waals surface area contributed by atoms with E-state index in [2.05, 4.69) is 22.0 Å². The lowest BCUT2D eigenvalue weighted by Crippen LogP contribution is -1.93. The van der Waals surface area contributed by atoms with Crippen LogP contribution in [0.5, 0.6) is 0 Å². The minimum absolute atomic E-state index is 0.151. The van der Waals surface area contributed by atoms with Crippen LogP contribution in [0.1, 0.15) is 19.0 Å². The highest BCUT2D eigenvalue weighted by Gasteiger charge is 2.14. The van der Waals surface area contributed by atoms with Gasteiger partial charge in [-0.15, -0.1) is 0 Å². The first-order valence-electron chi connectivity index (χ1n) is 4.68. The Bertz CT molecular complexity index is 506. The lowest BCUT2D eigenvalue weighted by molar-refractivity contribution is 0.746. The van der Waals surface area contributed by atoms with Gasteiger partial charge in [0, 0.05) is 7.05 Å². The number of halogens is 2. The molecule has 2 rings (SSSR count). The highest BCUT2D eigenvalue weighted by atomic mass is 35.5. The molecule has 0 aliphatic rings. The molecular weight excluding hydrogens is 235 g/mol. The van der Waals surface area contributed by atoms with E-state index >= 15 is 0 Å². The van der Waals surface area contributed by atoms with Crippen LogP contribution >= 0.6 is 23.2 Å². The van der Waals surface area contributed by atoms with Gasteiger partial charge in [-0.05, 0) is 18.0 Å². The lowest BCUT2D eigenvalue weighted by atomic mass is 10.2. The molecule has 0 aromatic carbocycles. The van der Waals surface area contributed by atoms with E-state index in [1.165, 1.54) is 0 Å². The molecule has 6 heteroatoms. The molecule has 0 amide bonds. The fourth-order valence-corrected chi connectivity index (χ4v) is 2.05. The highest BCUT2D eigenvalue weighted by Crippen LogP contribution is 2.25. The lowest BCUT2D eigenvalue weighted by Gasteiger charge is -1.96. The van der Waals surface area contributed by atoms with Crippen LogP contribution in [0.3, 0.4) is 0 Å². The Kier molecular flexibility index (Phi) is 2.80. The first-order valence-corrected chi connectivity index (χ1v) is 5.43. The van der Waals surface area contributed by atoms with Crippen molar-refractivity contribution in [1.29, 1.82) is 0 Å². The van der Waals surface area contributed by atoms with E-state index in [9.17, 15) is 0 Å². The average molecular weight is 245 g/mol. The summed E-state index contributed by atoms with van der Waals surface area (Å²) in [6.45, 7) is 2.09. The molecule has 2 aromatic rings. The SMILES string of the molecule is CCCc1nn(C)c2nc(Cl)nc(Cl)c12. The number of hydrogen-bond donors (Lipinski definition) is 0. The van der Waals surface area contributed by atoms with E-state index in [0.717, 1.165) is 23.9 Å². The van der Waals surface area contributed by atoms with Crippen LogP contribution in [-0.2, 0) is 13.5 Å². The summed E-state index contributed by atoms with van der Waals surface area (Å²) in [5.41, 5.74) is 1.61. The quantitative estimate of drug-likeness (QED) is 0.603.